The van der Waals surface area contributed by atoms with Crippen LogP contribution in [0, 0.1) is 0 Å². The molecular weight excluding hydrogens is 194 g/mol. The van der Waals surface area contributed by atoms with Gasteiger partial charge in [0.05, 0.1) is 6.20 Å². The van der Waals surface area contributed by atoms with Crippen LogP contribution in [-0.4, -0.2) is 25.6 Å². The molecule has 6 heteroatoms. The van der Waals surface area contributed by atoms with E-state index in [1.807, 2.05) is 0 Å². The summed E-state index contributed by atoms with van der Waals surface area (Å²) in [6.07, 6.45) is 4.71. The van der Waals surface area contributed by atoms with Crippen molar-refractivity contribution in [3.05, 3.63) is 18.3 Å². The van der Waals surface area contributed by atoms with Crippen molar-refractivity contribution in [3.63, 3.8) is 0 Å². The number of nitrogens with zero attached hydrogens (tertiary/aromatic N) is 4. The van der Waals surface area contributed by atoms with Gasteiger partial charge in [-0.1, -0.05) is 6.92 Å². The molecule has 2 rings (SSSR count). The van der Waals surface area contributed by atoms with E-state index in [2.05, 4.69) is 21.9 Å². The lowest BCUT2D eigenvalue weighted by Gasteiger charge is -1.98. The maximum atomic E-state index is 11.0. The van der Waals surface area contributed by atoms with Gasteiger partial charge in [-0.2, -0.15) is 0 Å². The summed E-state index contributed by atoms with van der Waals surface area (Å²) in [6, 6.07) is -0.579. The highest BCUT2D eigenvalue weighted by molar-refractivity contribution is 5.86. The first-order valence-electron chi connectivity index (χ1n) is 4.71. The zero-order valence-electron chi connectivity index (χ0n) is 8.34. The molecule has 0 spiro atoms. The summed E-state index contributed by atoms with van der Waals surface area (Å²) in [5.74, 6) is 0.736. The van der Waals surface area contributed by atoms with E-state index in [1.54, 1.807) is 6.20 Å². The molecule has 0 fully saturated rings. The van der Waals surface area contributed by atoms with Gasteiger partial charge in [0.15, 0.2) is 5.65 Å². The number of carbonyl (C=O) groups is 1. The van der Waals surface area contributed by atoms with Crippen LogP contribution in [0.2, 0.25) is 0 Å². The number of carbonyl (C=O) groups excluding carboxylic acids is 1. The second-order valence-corrected chi connectivity index (χ2v) is 3.20. The van der Waals surface area contributed by atoms with Crippen molar-refractivity contribution in [3.8, 4) is 0 Å². The summed E-state index contributed by atoms with van der Waals surface area (Å²) in [7, 11) is 0. The van der Waals surface area contributed by atoms with Gasteiger partial charge in [-0.25, -0.2) is 24.3 Å². The zero-order chi connectivity index (χ0) is 10.8. The number of primary amides is 1. The van der Waals surface area contributed by atoms with Crippen LogP contribution < -0.4 is 5.73 Å². The molecule has 2 heterocycles. The molecule has 0 aliphatic heterocycles. The zero-order valence-corrected chi connectivity index (χ0v) is 8.34. The smallest absolute Gasteiger partial charge is 0.324 e. The fourth-order valence-corrected chi connectivity index (χ4v) is 1.36. The standard InChI is InChI=1S/C9H11N5O/c1-2-3-7-11-4-6-8(13-7)12-5-14(6)9(10)15/h4-5H,2-3H2,1H3,(H2,10,15). The predicted molar refractivity (Wildman–Crippen MR) is 54.3 cm³/mol. The lowest BCUT2D eigenvalue weighted by atomic mass is 10.3. The SMILES string of the molecule is CCCc1ncc2c(ncn2C(N)=O)n1. The summed E-state index contributed by atoms with van der Waals surface area (Å²) in [6.45, 7) is 2.05. The molecule has 0 atom stereocenters. The van der Waals surface area contributed by atoms with Gasteiger partial charge in [0.25, 0.3) is 0 Å². The van der Waals surface area contributed by atoms with Crippen LogP contribution in [0.15, 0.2) is 12.5 Å². The molecule has 0 bridgehead atoms. The lowest BCUT2D eigenvalue weighted by molar-refractivity contribution is 0.251. The van der Waals surface area contributed by atoms with E-state index in [0.29, 0.717) is 11.2 Å². The molecule has 6 nitrogen and oxygen atoms in total. The number of hydrogen-bond donors (Lipinski definition) is 1. The Balaban J connectivity index is 2.51. The van der Waals surface area contributed by atoms with Gasteiger partial charge in [-0.05, 0) is 6.42 Å². The first-order valence-corrected chi connectivity index (χ1v) is 4.71. The maximum absolute atomic E-state index is 11.0. The van der Waals surface area contributed by atoms with Gasteiger partial charge in [-0.15, -0.1) is 0 Å². The van der Waals surface area contributed by atoms with Crippen molar-refractivity contribution >= 4 is 17.2 Å². The summed E-state index contributed by atoms with van der Waals surface area (Å²) < 4.78 is 1.23. The molecule has 0 saturated heterocycles. The third-order valence-electron chi connectivity index (χ3n) is 2.07. The molecule has 2 aromatic heterocycles. The van der Waals surface area contributed by atoms with Crippen molar-refractivity contribution in [1.29, 1.82) is 0 Å². The number of rotatable bonds is 2. The summed E-state index contributed by atoms with van der Waals surface area (Å²) in [5.41, 5.74) is 6.20. The van der Waals surface area contributed by atoms with Crippen LogP contribution in [0.1, 0.15) is 19.2 Å². The van der Waals surface area contributed by atoms with E-state index in [4.69, 9.17) is 5.73 Å². The molecule has 15 heavy (non-hydrogen) atoms. The number of aromatic nitrogens is 4. The van der Waals surface area contributed by atoms with Gasteiger partial charge < -0.3 is 5.73 Å². The Morgan fingerprint density at radius 3 is 3.00 bits per heavy atom. The number of imidazole rings is 1. The first-order chi connectivity index (χ1) is 7.22. The van der Waals surface area contributed by atoms with Gasteiger partial charge >= 0.3 is 6.03 Å². The van der Waals surface area contributed by atoms with E-state index in [0.717, 1.165) is 18.7 Å². The van der Waals surface area contributed by atoms with Crippen LogP contribution in [0.25, 0.3) is 11.2 Å². The van der Waals surface area contributed by atoms with Gasteiger partial charge in [0.1, 0.15) is 17.7 Å². The molecule has 0 aliphatic carbocycles. The molecule has 2 N–H and O–H groups in total. The van der Waals surface area contributed by atoms with Crippen LogP contribution >= 0.6 is 0 Å². The van der Waals surface area contributed by atoms with E-state index >= 15 is 0 Å². The minimum Gasteiger partial charge on any atom is -0.351 e. The van der Waals surface area contributed by atoms with E-state index in [9.17, 15) is 4.79 Å². The topological polar surface area (TPSA) is 86.7 Å². The molecule has 2 aromatic rings. The summed E-state index contributed by atoms with van der Waals surface area (Å²) >= 11 is 0. The Morgan fingerprint density at radius 2 is 2.33 bits per heavy atom. The Labute approximate surface area is 86.2 Å². The fourth-order valence-electron chi connectivity index (χ4n) is 1.36. The molecule has 78 valence electrons. The van der Waals surface area contributed by atoms with E-state index in [1.165, 1.54) is 10.9 Å². The maximum Gasteiger partial charge on any atom is 0.324 e. The van der Waals surface area contributed by atoms with Crippen LogP contribution in [0.3, 0.4) is 0 Å². The molecular formula is C9H11N5O. The van der Waals surface area contributed by atoms with Gasteiger partial charge in [0, 0.05) is 6.42 Å². The molecule has 0 radical (unpaired) electrons. The monoisotopic (exact) mass is 205 g/mol. The van der Waals surface area contributed by atoms with Crippen molar-refractivity contribution in [2.45, 2.75) is 19.8 Å². The minimum absolute atomic E-state index is 0.507. The van der Waals surface area contributed by atoms with Gasteiger partial charge in [0.2, 0.25) is 0 Å². The van der Waals surface area contributed by atoms with Crippen molar-refractivity contribution < 1.29 is 4.79 Å². The van der Waals surface area contributed by atoms with Crippen molar-refractivity contribution in [2.75, 3.05) is 0 Å². The molecule has 0 unspecified atom stereocenters. The average molecular weight is 205 g/mol. The highest BCUT2D eigenvalue weighted by Crippen LogP contribution is 2.09. The molecule has 0 saturated carbocycles. The number of hydrogen-bond acceptors (Lipinski definition) is 4. The highest BCUT2D eigenvalue weighted by Gasteiger charge is 2.08. The van der Waals surface area contributed by atoms with Crippen LogP contribution in [0.5, 0.6) is 0 Å². The van der Waals surface area contributed by atoms with Crippen LogP contribution in [0.4, 0.5) is 4.79 Å². The largest absolute Gasteiger partial charge is 0.351 e. The Kier molecular flexibility index (Phi) is 2.32. The minimum atomic E-state index is -0.579. The second kappa shape index (κ2) is 3.64. The average Bonchev–Trinajstić information content (AvgIpc) is 2.61. The Hall–Kier alpha value is -1.98. The van der Waals surface area contributed by atoms with E-state index < -0.39 is 6.03 Å². The third-order valence-corrected chi connectivity index (χ3v) is 2.07. The second-order valence-electron chi connectivity index (χ2n) is 3.20. The third kappa shape index (κ3) is 1.65. The molecule has 0 aliphatic rings. The lowest BCUT2D eigenvalue weighted by Crippen LogP contribution is -2.18. The fraction of sp³-hybridized carbons (Fsp3) is 0.333. The number of fused-ring (bicyclic) bond motifs is 1. The number of amides is 1. The molecule has 0 aromatic carbocycles. The highest BCUT2D eigenvalue weighted by atomic mass is 16.2. The summed E-state index contributed by atoms with van der Waals surface area (Å²) in [5, 5.41) is 0. The van der Waals surface area contributed by atoms with Gasteiger partial charge in [-0.3, -0.25) is 0 Å². The molecule has 1 amide bonds. The quantitative estimate of drug-likeness (QED) is 0.782. The van der Waals surface area contributed by atoms with Crippen LogP contribution in [-0.2, 0) is 6.42 Å². The normalized spacial score (nSPS) is 10.7. The predicted octanol–water partition coefficient (Wildman–Crippen LogP) is 0.706. The Bertz CT molecular complexity index is 504. The summed E-state index contributed by atoms with van der Waals surface area (Å²) in [4.78, 5) is 23.3. The Morgan fingerprint density at radius 1 is 1.53 bits per heavy atom. The van der Waals surface area contributed by atoms with Crippen molar-refractivity contribution in [1.82, 2.24) is 19.5 Å². The number of nitrogens with two attached hydrogens (primary N) is 1. The first kappa shape index (κ1) is 9.57. The number of aryl methyl sites for hydroxylation is 1. The van der Waals surface area contributed by atoms with Crippen molar-refractivity contribution in [2.24, 2.45) is 5.73 Å². The van der Waals surface area contributed by atoms with E-state index in [-0.39, 0.29) is 0 Å².